The largest absolute Gasteiger partial charge is 0.478 e. The van der Waals surface area contributed by atoms with Crippen molar-refractivity contribution in [2.75, 3.05) is 18.1 Å². The molecule has 0 bridgehead atoms. The first-order valence-electron chi connectivity index (χ1n) is 5.44. The van der Waals surface area contributed by atoms with Crippen LogP contribution in [0.3, 0.4) is 0 Å². The van der Waals surface area contributed by atoms with Crippen molar-refractivity contribution in [1.82, 2.24) is 0 Å². The molecule has 1 unspecified atom stereocenters. The minimum Gasteiger partial charge on any atom is -0.478 e. The molecule has 0 saturated carbocycles. The first-order chi connectivity index (χ1) is 7.74. The van der Waals surface area contributed by atoms with Crippen molar-refractivity contribution in [2.45, 2.75) is 18.9 Å². The van der Waals surface area contributed by atoms with Gasteiger partial charge in [-0.15, -0.1) is 0 Å². The number of para-hydroxylation sites is 1. The molecule has 0 aliphatic carbocycles. The molecule has 0 spiro atoms. The third kappa shape index (κ3) is 1.88. The summed E-state index contributed by atoms with van der Waals surface area (Å²) in [5, 5.41) is 18.3. The SMILES string of the molecule is O=C(O)c1ccccc1N1CCCC1CO. The average molecular weight is 221 g/mol. The summed E-state index contributed by atoms with van der Waals surface area (Å²) in [5.74, 6) is -0.917. The number of hydrogen-bond donors (Lipinski definition) is 2. The minimum atomic E-state index is -0.917. The van der Waals surface area contributed by atoms with Gasteiger partial charge in [0.15, 0.2) is 0 Å². The first kappa shape index (κ1) is 11.0. The van der Waals surface area contributed by atoms with Gasteiger partial charge >= 0.3 is 5.97 Å². The van der Waals surface area contributed by atoms with Crippen LogP contribution in [0, 0.1) is 0 Å². The second-order valence-corrected chi connectivity index (χ2v) is 3.99. The second-order valence-electron chi connectivity index (χ2n) is 3.99. The number of carboxylic acids is 1. The van der Waals surface area contributed by atoms with Gasteiger partial charge in [-0.05, 0) is 25.0 Å². The van der Waals surface area contributed by atoms with E-state index in [9.17, 15) is 9.90 Å². The lowest BCUT2D eigenvalue weighted by molar-refractivity contribution is 0.0697. The lowest BCUT2D eigenvalue weighted by atomic mass is 10.1. The molecule has 1 aliphatic rings. The van der Waals surface area contributed by atoms with Crippen LogP contribution >= 0.6 is 0 Å². The van der Waals surface area contributed by atoms with Gasteiger partial charge in [0.1, 0.15) is 0 Å². The second kappa shape index (κ2) is 4.53. The number of aromatic carboxylic acids is 1. The van der Waals surface area contributed by atoms with Gasteiger partial charge in [0.05, 0.1) is 23.9 Å². The molecule has 2 N–H and O–H groups in total. The molecule has 1 aromatic carbocycles. The number of rotatable bonds is 3. The predicted molar refractivity (Wildman–Crippen MR) is 60.9 cm³/mol. The maximum Gasteiger partial charge on any atom is 0.337 e. The molecule has 0 amide bonds. The molecule has 4 heteroatoms. The Morgan fingerprint density at radius 2 is 2.19 bits per heavy atom. The van der Waals surface area contributed by atoms with Crippen molar-refractivity contribution >= 4 is 11.7 Å². The van der Waals surface area contributed by atoms with E-state index < -0.39 is 5.97 Å². The Hall–Kier alpha value is -1.55. The molecule has 1 heterocycles. The van der Waals surface area contributed by atoms with E-state index in [0.29, 0.717) is 11.3 Å². The van der Waals surface area contributed by atoms with Crippen molar-refractivity contribution in [1.29, 1.82) is 0 Å². The molecular weight excluding hydrogens is 206 g/mol. The smallest absolute Gasteiger partial charge is 0.337 e. The molecule has 2 rings (SSSR count). The molecule has 4 nitrogen and oxygen atoms in total. The summed E-state index contributed by atoms with van der Waals surface area (Å²) >= 11 is 0. The van der Waals surface area contributed by atoms with Crippen LogP contribution in [0.4, 0.5) is 5.69 Å². The highest BCUT2D eigenvalue weighted by Gasteiger charge is 2.26. The molecule has 0 aromatic heterocycles. The number of benzene rings is 1. The summed E-state index contributed by atoms with van der Waals surface area (Å²) in [7, 11) is 0. The van der Waals surface area contributed by atoms with E-state index in [0.717, 1.165) is 19.4 Å². The molecule has 1 atom stereocenters. The molecule has 1 saturated heterocycles. The molecule has 0 radical (unpaired) electrons. The van der Waals surface area contributed by atoms with Crippen LogP contribution in [0.1, 0.15) is 23.2 Å². The topological polar surface area (TPSA) is 60.8 Å². The highest BCUT2D eigenvalue weighted by atomic mass is 16.4. The maximum atomic E-state index is 11.1. The summed E-state index contributed by atoms with van der Waals surface area (Å²) in [6.07, 6.45) is 1.92. The summed E-state index contributed by atoms with van der Waals surface area (Å²) in [6.45, 7) is 0.892. The number of carboxylic acid groups (broad SMARTS) is 1. The Bertz CT molecular complexity index is 392. The summed E-state index contributed by atoms with van der Waals surface area (Å²) in [6, 6.07) is 7.01. The number of nitrogens with zero attached hydrogens (tertiary/aromatic N) is 1. The van der Waals surface area contributed by atoms with Crippen molar-refractivity contribution in [3.05, 3.63) is 29.8 Å². The highest BCUT2D eigenvalue weighted by molar-refractivity contribution is 5.94. The average Bonchev–Trinajstić information content (AvgIpc) is 2.76. The van der Waals surface area contributed by atoms with Crippen LogP contribution in [0.25, 0.3) is 0 Å². The monoisotopic (exact) mass is 221 g/mol. The lowest BCUT2D eigenvalue weighted by Crippen LogP contribution is -2.33. The standard InChI is InChI=1S/C12H15NO3/c14-8-9-4-3-7-13(9)11-6-2-1-5-10(11)12(15)16/h1-2,5-6,9,14H,3-4,7-8H2,(H,15,16). The predicted octanol–water partition coefficient (Wildman–Crippen LogP) is 1.35. The Balaban J connectivity index is 2.35. The third-order valence-electron chi connectivity index (χ3n) is 3.03. The summed E-state index contributed by atoms with van der Waals surface area (Å²) in [4.78, 5) is 13.1. The molecular formula is C12H15NO3. The zero-order chi connectivity index (χ0) is 11.5. The third-order valence-corrected chi connectivity index (χ3v) is 3.03. The van der Waals surface area contributed by atoms with Gasteiger partial charge in [-0.2, -0.15) is 0 Å². The van der Waals surface area contributed by atoms with E-state index in [1.54, 1.807) is 18.2 Å². The fourth-order valence-electron chi connectivity index (χ4n) is 2.25. The Morgan fingerprint density at radius 1 is 1.44 bits per heavy atom. The van der Waals surface area contributed by atoms with Crippen LogP contribution in [-0.4, -0.2) is 35.4 Å². The van der Waals surface area contributed by atoms with Gasteiger partial charge in [-0.3, -0.25) is 0 Å². The molecule has 1 aliphatic heterocycles. The van der Waals surface area contributed by atoms with E-state index in [1.165, 1.54) is 0 Å². The summed E-state index contributed by atoms with van der Waals surface area (Å²) in [5.41, 5.74) is 1.02. The first-order valence-corrected chi connectivity index (χ1v) is 5.44. The van der Waals surface area contributed by atoms with Crippen molar-refractivity contribution < 1.29 is 15.0 Å². The van der Waals surface area contributed by atoms with Gasteiger partial charge in [-0.1, -0.05) is 12.1 Å². The number of hydrogen-bond acceptors (Lipinski definition) is 3. The van der Waals surface area contributed by atoms with Gasteiger partial charge in [0, 0.05) is 6.54 Å². The van der Waals surface area contributed by atoms with Crippen LogP contribution < -0.4 is 4.90 Å². The van der Waals surface area contributed by atoms with Crippen molar-refractivity contribution in [3.63, 3.8) is 0 Å². The van der Waals surface area contributed by atoms with E-state index in [4.69, 9.17) is 5.11 Å². The fraction of sp³-hybridized carbons (Fsp3) is 0.417. The zero-order valence-corrected chi connectivity index (χ0v) is 8.97. The van der Waals surface area contributed by atoms with Crippen molar-refractivity contribution in [3.8, 4) is 0 Å². The van der Waals surface area contributed by atoms with Gasteiger partial charge in [0.2, 0.25) is 0 Å². The van der Waals surface area contributed by atoms with Gasteiger partial charge < -0.3 is 15.1 Å². The minimum absolute atomic E-state index is 0.0560. The maximum absolute atomic E-state index is 11.1. The highest BCUT2D eigenvalue weighted by Crippen LogP contribution is 2.28. The van der Waals surface area contributed by atoms with Crippen LogP contribution in [0.2, 0.25) is 0 Å². The van der Waals surface area contributed by atoms with E-state index >= 15 is 0 Å². The molecule has 86 valence electrons. The van der Waals surface area contributed by atoms with Crippen LogP contribution in [0.15, 0.2) is 24.3 Å². The molecule has 1 fully saturated rings. The number of aliphatic hydroxyl groups excluding tert-OH is 1. The normalized spacial score (nSPS) is 20.1. The number of carbonyl (C=O) groups is 1. The Labute approximate surface area is 94.1 Å². The lowest BCUT2D eigenvalue weighted by Gasteiger charge is -2.26. The van der Waals surface area contributed by atoms with Gasteiger partial charge in [0.25, 0.3) is 0 Å². The van der Waals surface area contributed by atoms with Crippen LogP contribution in [0.5, 0.6) is 0 Å². The number of aliphatic hydroxyl groups is 1. The molecule has 16 heavy (non-hydrogen) atoms. The van der Waals surface area contributed by atoms with Gasteiger partial charge in [-0.25, -0.2) is 4.79 Å². The quantitative estimate of drug-likeness (QED) is 0.808. The Morgan fingerprint density at radius 3 is 2.88 bits per heavy atom. The summed E-state index contributed by atoms with van der Waals surface area (Å²) < 4.78 is 0. The van der Waals surface area contributed by atoms with Crippen LogP contribution in [-0.2, 0) is 0 Å². The van der Waals surface area contributed by atoms with Crippen molar-refractivity contribution in [2.24, 2.45) is 0 Å². The van der Waals surface area contributed by atoms with E-state index in [-0.39, 0.29) is 12.6 Å². The fourth-order valence-corrected chi connectivity index (χ4v) is 2.25. The zero-order valence-electron chi connectivity index (χ0n) is 8.97. The molecule has 1 aromatic rings. The Kier molecular flexibility index (Phi) is 3.10. The van der Waals surface area contributed by atoms with E-state index in [2.05, 4.69) is 0 Å². The van der Waals surface area contributed by atoms with E-state index in [1.807, 2.05) is 11.0 Å². The number of anilines is 1.